The van der Waals surface area contributed by atoms with Gasteiger partial charge in [-0.25, -0.2) is 4.98 Å². The quantitative estimate of drug-likeness (QED) is 0.657. The summed E-state index contributed by atoms with van der Waals surface area (Å²) in [4.78, 5) is 16.8. The Morgan fingerprint density at radius 2 is 2.33 bits per heavy atom. The fourth-order valence-corrected chi connectivity index (χ4v) is 4.36. The Bertz CT molecular complexity index is 918. The zero-order valence-corrected chi connectivity index (χ0v) is 15.8. The SMILES string of the molecule is C[n+]1nc(NC(=O)c2csc(-c3ccc4c(c3)CCO4)n2)sc1Br. The van der Waals surface area contributed by atoms with Gasteiger partial charge in [0.15, 0.2) is 7.05 Å². The van der Waals surface area contributed by atoms with Gasteiger partial charge in [0, 0.05) is 38.4 Å². The van der Waals surface area contributed by atoms with Crippen LogP contribution in [0.2, 0.25) is 0 Å². The molecule has 0 atom stereocenters. The van der Waals surface area contributed by atoms with E-state index in [1.54, 1.807) is 17.1 Å². The van der Waals surface area contributed by atoms with Crippen LogP contribution in [0.25, 0.3) is 10.6 Å². The maximum atomic E-state index is 12.3. The summed E-state index contributed by atoms with van der Waals surface area (Å²) >= 11 is 6.17. The smallest absolute Gasteiger partial charge is 0.333 e. The zero-order chi connectivity index (χ0) is 16.7. The number of nitrogens with zero attached hydrogens (tertiary/aromatic N) is 3. The Labute approximate surface area is 154 Å². The van der Waals surface area contributed by atoms with E-state index in [9.17, 15) is 4.79 Å². The molecule has 1 aromatic carbocycles. The number of anilines is 1. The predicted octanol–water partition coefficient (Wildman–Crippen LogP) is 3.04. The Balaban J connectivity index is 1.55. The predicted molar refractivity (Wildman–Crippen MR) is 95.7 cm³/mol. The minimum atomic E-state index is -0.260. The van der Waals surface area contributed by atoms with Gasteiger partial charge in [0.1, 0.15) is 16.5 Å². The third-order valence-corrected chi connectivity index (χ3v) is 6.27. The lowest BCUT2D eigenvalue weighted by atomic mass is 10.1. The highest BCUT2D eigenvalue weighted by molar-refractivity contribution is 9.11. The van der Waals surface area contributed by atoms with E-state index in [0.717, 1.165) is 33.3 Å². The topological polar surface area (TPSA) is 68.0 Å². The second-order valence-corrected chi connectivity index (χ2v) is 8.31. The van der Waals surface area contributed by atoms with Crippen molar-refractivity contribution in [2.45, 2.75) is 6.42 Å². The normalized spacial score (nSPS) is 12.8. The van der Waals surface area contributed by atoms with Crippen LogP contribution in [-0.4, -0.2) is 22.6 Å². The molecule has 0 spiro atoms. The molecule has 122 valence electrons. The zero-order valence-electron chi connectivity index (χ0n) is 12.6. The molecule has 1 amide bonds. The molecular weight excluding hydrogens is 412 g/mol. The van der Waals surface area contributed by atoms with Crippen molar-refractivity contribution in [3.8, 4) is 16.3 Å². The van der Waals surface area contributed by atoms with Crippen LogP contribution in [0.15, 0.2) is 27.5 Å². The third-order valence-electron chi connectivity index (χ3n) is 3.57. The molecule has 0 fully saturated rings. The molecule has 0 radical (unpaired) electrons. The summed E-state index contributed by atoms with van der Waals surface area (Å²) < 4.78 is 8.00. The van der Waals surface area contributed by atoms with Crippen molar-refractivity contribution in [2.75, 3.05) is 11.9 Å². The lowest BCUT2D eigenvalue weighted by Gasteiger charge is -2.01. The lowest BCUT2D eigenvalue weighted by molar-refractivity contribution is -0.734. The van der Waals surface area contributed by atoms with Crippen molar-refractivity contribution in [1.82, 2.24) is 10.1 Å². The molecule has 1 aliphatic heterocycles. The van der Waals surface area contributed by atoms with E-state index >= 15 is 0 Å². The number of amides is 1. The fraction of sp³-hybridized carbons (Fsp3) is 0.200. The summed E-state index contributed by atoms with van der Waals surface area (Å²) in [5.41, 5.74) is 2.58. The molecule has 1 aliphatic rings. The molecule has 3 heterocycles. The molecular formula is C15H12BrN4O2S2+. The molecule has 9 heteroatoms. The van der Waals surface area contributed by atoms with Crippen molar-refractivity contribution in [3.05, 3.63) is 38.8 Å². The van der Waals surface area contributed by atoms with Gasteiger partial charge in [0.25, 0.3) is 11.0 Å². The highest BCUT2D eigenvalue weighted by atomic mass is 79.9. The van der Waals surface area contributed by atoms with Gasteiger partial charge in [-0.1, -0.05) is 4.68 Å². The van der Waals surface area contributed by atoms with Crippen LogP contribution >= 0.6 is 38.6 Å². The van der Waals surface area contributed by atoms with Gasteiger partial charge in [-0.05, 0) is 35.1 Å². The molecule has 24 heavy (non-hydrogen) atoms. The first-order valence-electron chi connectivity index (χ1n) is 7.16. The number of hydrogen-bond acceptors (Lipinski definition) is 6. The molecule has 0 unspecified atom stereocenters. The van der Waals surface area contributed by atoms with Crippen LogP contribution in [0.5, 0.6) is 5.75 Å². The number of hydrogen-bond donors (Lipinski definition) is 1. The van der Waals surface area contributed by atoms with Crippen molar-refractivity contribution in [1.29, 1.82) is 0 Å². The molecule has 6 nitrogen and oxygen atoms in total. The van der Waals surface area contributed by atoms with Gasteiger partial charge >= 0.3 is 3.92 Å². The van der Waals surface area contributed by atoms with Crippen molar-refractivity contribution >= 4 is 49.6 Å². The molecule has 0 aliphatic carbocycles. The van der Waals surface area contributed by atoms with E-state index in [-0.39, 0.29) is 5.91 Å². The van der Waals surface area contributed by atoms with E-state index < -0.39 is 0 Å². The summed E-state index contributed by atoms with van der Waals surface area (Å²) in [6.45, 7) is 0.727. The van der Waals surface area contributed by atoms with Crippen LogP contribution in [0.1, 0.15) is 16.1 Å². The average molecular weight is 424 g/mol. The van der Waals surface area contributed by atoms with Crippen LogP contribution in [0.4, 0.5) is 5.13 Å². The number of carbonyl (C=O) groups is 1. The number of thiazole rings is 1. The number of aryl methyl sites for hydroxylation is 1. The Hall–Kier alpha value is -1.84. The minimum Gasteiger partial charge on any atom is -0.493 e. The van der Waals surface area contributed by atoms with Gasteiger partial charge in [-0.2, -0.15) is 0 Å². The molecule has 4 rings (SSSR count). The molecule has 0 saturated carbocycles. The Kier molecular flexibility index (Phi) is 4.07. The van der Waals surface area contributed by atoms with Gasteiger partial charge < -0.3 is 4.74 Å². The first kappa shape index (κ1) is 15.7. The Morgan fingerprint density at radius 3 is 3.12 bits per heavy atom. The van der Waals surface area contributed by atoms with Gasteiger partial charge in [-0.3, -0.25) is 10.1 Å². The standard InChI is InChI=1S/C15H11BrN4O2S2/c1-20-14(16)24-15(19-20)18-12(21)10-7-23-13(17-10)9-2-3-11-8(6-9)4-5-22-11/h2-3,6-7H,4-5H2,1H3/p+1. The first-order chi connectivity index (χ1) is 11.6. The summed E-state index contributed by atoms with van der Waals surface area (Å²) in [5, 5.41) is 10.1. The van der Waals surface area contributed by atoms with Crippen molar-refractivity contribution in [3.63, 3.8) is 0 Å². The maximum Gasteiger partial charge on any atom is 0.333 e. The summed E-state index contributed by atoms with van der Waals surface area (Å²) in [7, 11) is 1.80. The molecule has 0 bridgehead atoms. The van der Waals surface area contributed by atoms with Gasteiger partial charge in [0.05, 0.1) is 6.61 Å². The third kappa shape index (κ3) is 2.94. The van der Waals surface area contributed by atoms with Crippen molar-refractivity contribution in [2.24, 2.45) is 7.05 Å². The van der Waals surface area contributed by atoms with Gasteiger partial charge in [-0.15, -0.1) is 11.3 Å². The number of benzene rings is 1. The number of rotatable bonds is 3. The monoisotopic (exact) mass is 423 g/mol. The van der Waals surface area contributed by atoms with E-state index in [1.165, 1.54) is 28.2 Å². The first-order valence-corrected chi connectivity index (χ1v) is 9.65. The number of halogens is 1. The van der Waals surface area contributed by atoms with E-state index in [2.05, 4.69) is 37.4 Å². The summed E-state index contributed by atoms with van der Waals surface area (Å²) in [6.07, 6.45) is 0.915. The second kappa shape index (κ2) is 6.23. The van der Waals surface area contributed by atoms with Crippen molar-refractivity contribution < 1.29 is 14.2 Å². The summed E-state index contributed by atoms with van der Waals surface area (Å²) in [6, 6.07) is 6.02. The molecule has 2 aromatic heterocycles. The maximum absolute atomic E-state index is 12.3. The van der Waals surface area contributed by atoms with E-state index in [1.807, 2.05) is 12.1 Å². The fourth-order valence-electron chi connectivity index (χ4n) is 2.38. The van der Waals surface area contributed by atoms with E-state index in [0.29, 0.717) is 10.8 Å². The van der Waals surface area contributed by atoms with Crippen LogP contribution in [0.3, 0.4) is 0 Å². The minimum absolute atomic E-state index is 0.260. The van der Waals surface area contributed by atoms with Crippen LogP contribution in [0, 0.1) is 0 Å². The second-order valence-electron chi connectivity index (χ2n) is 5.20. The molecule has 1 N–H and O–H groups in total. The number of carbonyl (C=O) groups excluding carboxylic acids is 1. The average Bonchev–Trinajstić information content (AvgIpc) is 3.27. The molecule has 3 aromatic rings. The number of nitrogens with one attached hydrogen (secondary N) is 1. The van der Waals surface area contributed by atoms with Crippen LogP contribution < -0.4 is 14.7 Å². The largest absolute Gasteiger partial charge is 0.493 e. The highest BCUT2D eigenvalue weighted by Crippen LogP contribution is 2.32. The summed E-state index contributed by atoms with van der Waals surface area (Å²) in [5.74, 6) is 0.680. The molecule has 0 saturated heterocycles. The number of aromatic nitrogens is 3. The van der Waals surface area contributed by atoms with Crippen LogP contribution in [-0.2, 0) is 13.5 Å². The lowest BCUT2D eigenvalue weighted by Crippen LogP contribution is -2.31. The van der Waals surface area contributed by atoms with Gasteiger partial charge in [0.2, 0.25) is 0 Å². The Morgan fingerprint density at radius 1 is 1.46 bits per heavy atom. The van der Waals surface area contributed by atoms with E-state index in [4.69, 9.17) is 4.74 Å². The highest BCUT2D eigenvalue weighted by Gasteiger charge is 2.19. The number of ether oxygens (including phenoxy) is 1. The number of fused-ring (bicyclic) bond motifs is 1.